The molecule has 0 bridgehead atoms. The van der Waals surface area contributed by atoms with E-state index in [1.54, 1.807) is 12.1 Å². The predicted molar refractivity (Wildman–Crippen MR) is 127 cm³/mol. The molecule has 0 saturated heterocycles. The van der Waals surface area contributed by atoms with E-state index in [-0.39, 0.29) is 5.75 Å². The standard InChI is InChI=1S/C24H44N2O5/c1-3-5-14-30-16-8-10-20(27)18-25-22-12-7-13-23(29)24(22)26-19-21(28)11-9-17-31-15-6-4-2/h7,12-13,20-21,25-29H,3-6,8-11,14-19H2,1-2H3. The van der Waals surface area contributed by atoms with Gasteiger partial charge in [-0.05, 0) is 50.7 Å². The van der Waals surface area contributed by atoms with Gasteiger partial charge in [-0.1, -0.05) is 32.8 Å². The molecular formula is C24H44N2O5. The van der Waals surface area contributed by atoms with Gasteiger partial charge in [0.15, 0.2) is 0 Å². The lowest BCUT2D eigenvalue weighted by molar-refractivity contribution is 0.108. The first-order valence-electron chi connectivity index (χ1n) is 11.9. The Morgan fingerprint density at radius 3 is 1.84 bits per heavy atom. The van der Waals surface area contributed by atoms with Gasteiger partial charge in [0.05, 0.1) is 17.9 Å². The molecule has 0 amide bonds. The number of hydrogen-bond acceptors (Lipinski definition) is 7. The van der Waals surface area contributed by atoms with Crippen molar-refractivity contribution in [2.75, 3.05) is 50.2 Å². The van der Waals surface area contributed by atoms with Gasteiger partial charge in [0.25, 0.3) is 0 Å². The molecule has 31 heavy (non-hydrogen) atoms. The summed E-state index contributed by atoms with van der Waals surface area (Å²) >= 11 is 0. The number of phenols is 1. The molecule has 0 radical (unpaired) electrons. The second-order valence-electron chi connectivity index (χ2n) is 7.99. The minimum atomic E-state index is -0.527. The Labute approximate surface area is 188 Å². The fourth-order valence-electron chi connectivity index (χ4n) is 3.06. The van der Waals surface area contributed by atoms with E-state index in [1.807, 2.05) is 6.07 Å². The summed E-state index contributed by atoms with van der Waals surface area (Å²) in [5.74, 6) is 0.110. The van der Waals surface area contributed by atoms with Gasteiger partial charge in [0.2, 0.25) is 0 Å². The van der Waals surface area contributed by atoms with Crippen LogP contribution in [0.3, 0.4) is 0 Å². The number of hydrogen-bond donors (Lipinski definition) is 5. The summed E-state index contributed by atoms with van der Waals surface area (Å²) in [6, 6.07) is 5.20. The van der Waals surface area contributed by atoms with Crippen molar-refractivity contribution in [3.05, 3.63) is 18.2 Å². The van der Waals surface area contributed by atoms with Crippen LogP contribution in [-0.2, 0) is 9.47 Å². The zero-order valence-corrected chi connectivity index (χ0v) is 19.4. The number of rotatable bonds is 20. The summed E-state index contributed by atoms with van der Waals surface area (Å²) in [6.07, 6.45) is 6.25. The molecule has 7 heteroatoms. The number of ether oxygens (including phenoxy) is 2. The van der Waals surface area contributed by atoms with E-state index in [1.165, 1.54) is 0 Å². The number of para-hydroxylation sites is 1. The van der Waals surface area contributed by atoms with Crippen LogP contribution < -0.4 is 10.6 Å². The molecule has 2 unspecified atom stereocenters. The highest BCUT2D eigenvalue weighted by atomic mass is 16.5. The summed E-state index contributed by atoms with van der Waals surface area (Å²) in [7, 11) is 0. The molecule has 0 aromatic heterocycles. The molecular weight excluding hydrogens is 396 g/mol. The molecule has 0 aliphatic heterocycles. The highest BCUT2D eigenvalue weighted by Gasteiger charge is 2.12. The van der Waals surface area contributed by atoms with Crippen molar-refractivity contribution in [1.82, 2.24) is 0 Å². The molecule has 0 aliphatic rings. The largest absolute Gasteiger partial charge is 0.506 e. The molecule has 1 aromatic rings. The summed E-state index contributed by atoms with van der Waals surface area (Å²) in [6.45, 7) is 7.85. The lowest BCUT2D eigenvalue weighted by Crippen LogP contribution is -2.22. The van der Waals surface area contributed by atoms with Crippen LogP contribution in [0.4, 0.5) is 11.4 Å². The smallest absolute Gasteiger partial charge is 0.140 e. The number of benzene rings is 1. The van der Waals surface area contributed by atoms with Crippen LogP contribution in [0.15, 0.2) is 18.2 Å². The highest BCUT2D eigenvalue weighted by molar-refractivity contribution is 5.75. The molecule has 0 aliphatic carbocycles. The lowest BCUT2D eigenvalue weighted by atomic mass is 10.1. The van der Waals surface area contributed by atoms with Gasteiger partial charge in [0.1, 0.15) is 11.4 Å². The minimum absolute atomic E-state index is 0.110. The van der Waals surface area contributed by atoms with E-state index in [2.05, 4.69) is 24.5 Å². The zero-order valence-electron chi connectivity index (χ0n) is 19.4. The van der Waals surface area contributed by atoms with Crippen LogP contribution in [0.5, 0.6) is 5.75 Å². The maximum absolute atomic E-state index is 10.2. The molecule has 5 N–H and O–H groups in total. The third kappa shape index (κ3) is 13.5. The van der Waals surface area contributed by atoms with Crippen LogP contribution in [0, 0.1) is 0 Å². The molecule has 180 valence electrons. The molecule has 0 heterocycles. The molecule has 2 atom stereocenters. The average Bonchev–Trinajstić information content (AvgIpc) is 2.76. The van der Waals surface area contributed by atoms with Gasteiger partial charge >= 0.3 is 0 Å². The van der Waals surface area contributed by atoms with Crippen molar-refractivity contribution in [2.45, 2.75) is 77.4 Å². The van der Waals surface area contributed by atoms with Gasteiger partial charge in [-0.15, -0.1) is 0 Å². The van der Waals surface area contributed by atoms with Gasteiger partial charge in [0, 0.05) is 39.5 Å². The number of phenolic OH excluding ortho intramolecular Hbond substituents is 1. The van der Waals surface area contributed by atoms with Gasteiger partial charge in [-0.3, -0.25) is 0 Å². The Kier molecular flexibility index (Phi) is 16.0. The number of unbranched alkanes of at least 4 members (excludes halogenated alkanes) is 2. The SMILES string of the molecule is CCCCOCCCC(O)CNc1cccc(O)c1NCC(O)CCCOCCCC. The third-order valence-electron chi connectivity index (χ3n) is 5.02. The Morgan fingerprint density at radius 2 is 1.29 bits per heavy atom. The normalized spacial score (nSPS) is 13.2. The van der Waals surface area contributed by atoms with Crippen LogP contribution >= 0.6 is 0 Å². The molecule has 0 fully saturated rings. The van der Waals surface area contributed by atoms with E-state index < -0.39 is 12.2 Å². The Bertz CT molecular complexity index is 559. The number of aliphatic hydroxyl groups is 2. The summed E-state index contributed by atoms with van der Waals surface area (Å²) in [4.78, 5) is 0. The van der Waals surface area contributed by atoms with Gasteiger partial charge in [-0.25, -0.2) is 0 Å². The quantitative estimate of drug-likeness (QED) is 0.153. The van der Waals surface area contributed by atoms with Gasteiger partial charge in [-0.2, -0.15) is 0 Å². The fraction of sp³-hybridized carbons (Fsp3) is 0.750. The van der Waals surface area contributed by atoms with E-state index in [4.69, 9.17) is 9.47 Å². The Hall–Kier alpha value is -1.54. The van der Waals surface area contributed by atoms with Crippen molar-refractivity contribution < 1.29 is 24.8 Å². The molecule has 1 aromatic carbocycles. The minimum Gasteiger partial charge on any atom is -0.506 e. The first-order chi connectivity index (χ1) is 15.1. The number of anilines is 2. The summed E-state index contributed by atoms with van der Waals surface area (Å²) in [5, 5.41) is 37.0. The molecule has 0 spiro atoms. The van der Waals surface area contributed by atoms with E-state index in [0.29, 0.717) is 50.5 Å². The van der Waals surface area contributed by atoms with E-state index in [0.717, 1.165) is 51.7 Å². The molecule has 0 saturated carbocycles. The topological polar surface area (TPSA) is 103 Å². The zero-order chi connectivity index (χ0) is 22.7. The van der Waals surface area contributed by atoms with Crippen LogP contribution in [-0.4, -0.2) is 67.0 Å². The maximum atomic E-state index is 10.2. The van der Waals surface area contributed by atoms with E-state index >= 15 is 0 Å². The molecule has 7 nitrogen and oxygen atoms in total. The average molecular weight is 441 g/mol. The monoisotopic (exact) mass is 440 g/mol. The Morgan fingerprint density at radius 1 is 0.774 bits per heavy atom. The van der Waals surface area contributed by atoms with Crippen molar-refractivity contribution in [3.8, 4) is 5.75 Å². The van der Waals surface area contributed by atoms with E-state index in [9.17, 15) is 15.3 Å². The number of aromatic hydroxyl groups is 1. The molecule has 1 rings (SSSR count). The fourth-order valence-corrected chi connectivity index (χ4v) is 3.06. The summed E-state index contributed by atoms with van der Waals surface area (Å²) in [5.41, 5.74) is 1.24. The maximum Gasteiger partial charge on any atom is 0.140 e. The van der Waals surface area contributed by atoms with Crippen molar-refractivity contribution in [2.24, 2.45) is 0 Å². The van der Waals surface area contributed by atoms with Crippen LogP contribution in [0.25, 0.3) is 0 Å². The Balaban J connectivity index is 2.33. The highest BCUT2D eigenvalue weighted by Crippen LogP contribution is 2.31. The third-order valence-corrected chi connectivity index (χ3v) is 5.02. The van der Waals surface area contributed by atoms with Crippen LogP contribution in [0.2, 0.25) is 0 Å². The lowest BCUT2D eigenvalue weighted by Gasteiger charge is -2.19. The predicted octanol–water partition coefficient (Wildman–Crippen LogP) is 4.13. The second-order valence-corrected chi connectivity index (χ2v) is 7.99. The number of aliphatic hydroxyl groups excluding tert-OH is 2. The number of nitrogens with one attached hydrogen (secondary N) is 2. The van der Waals surface area contributed by atoms with Crippen molar-refractivity contribution in [1.29, 1.82) is 0 Å². The first kappa shape index (κ1) is 27.5. The van der Waals surface area contributed by atoms with Crippen molar-refractivity contribution in [3.63, 3.8) is 0 Å². The first-order valence-corrected chi connectivity index (χ1v) is 11.9. The summed E-state index contributed by atoms with van der Waals surface area (Å²) < 4.78 is 11.0. The van der Waals surface area contributed by atoms with Gasteiger partial charge < -0.3 is 35.4 Å². The van der Waals surface area contributed by atoms with Crippen LogP contribution in [0.1, 0.15) is 65.2 Å². The second kappa shape index (κ2) is 18.1. The van der Waals surface area contributed by atoms with Crippen molar-refractivity contribution >= 4 is 11.4 Å².